The van der Waals surface area contributed by atoms with Gasteiger partial charge < -0.3 is 0 Å². The van der Waals surface area contributed by atoms with Crippen LogP contribution in [0.5, 0.6) is 0 Å². The van der Waals surface area contributed by atoms with E-state index >= 15 is 0 Å². The van der Waals surface area contributed by atoms with Gasteiger partial charge in [-0.1, -0.05) is 20.8 Å². The number of hydrogen-bond donors (Lipinski definition) is 0. The number of likely N-dealkylation sites (tertiary alicyclic amines) is 1. The van der Waals surface area contributed by atoms with Gasteiger partial charge in [0.25, 0.3) is 0 Å². The van der Waals surface area contributed by atoms with Gasteiger partial charge in [-0.05, 0) is 56.8 Å². The van der Waals surface area contributed by atoms with Crippen molar-refractivity contribution in [2.75, 3.05) is 13.1 Å². The average Bonchev–Trinajstić information content (AvgIpc) is 2.53. The fraction of sp³-hybridized carbons (Fsp3) is 1.00. The third-order valence-electron chi connectivity index (χ3n) is 4.92. The SMILES string of the molecule is CC(C)(C)C1C[C@@H]2CN(C(C)(C)C)C[C@@H]2C1. The maximum atomic E-state index is 2.70. The summed E-state index contributed by atoms with van der Waals surface area (Å²) in [7, 11) is 0. The fourth-order valence-electron chi connectivity index (χ4n) is 3.55. The van der Waals surface area contributed by atoms with Gasteiger partial charge in [0, 0.05) is 18.6 Å². The van der Waals surface area contributed by atoms with E-state index in [2.05, 4.69) is 46.4 Å². The van der Waals surface area contributed by atoms with Gasteiger partial charge in [-0.3, -0.25) is 4.90 Å². The maximum Gasteiger partial charge on any atom is 0.0125 e. The molecule has 1 saturated carbocycles. The molecule has 1 aliphatic heterocycles. The van der Waals surface area contributed by atoms with Gasteiger partial charge in [0.15, 0.2) is 0 Å². The second-order valence-electron chi connectivity index (χ2n) is 8.13. The zero-order valence-corrected chi connectivity index (χ0v) is 12.0. The minimum Gasteiger partial charge on any atom is -0.298 e. The van der Waals surface area contributed by atoms with Crippen LogP contribution in [0, 0.1) is 23.2 Å². The molecule has 1 unspecified atom stereocenters. The molecule has 2 fully saturated rings. The molecular formula is C15H29N. The Labute approximate surface area is 102 Å². The number of rotatable bonds is 0. The molecule has 2 aliphatic rings. The summed E-state index contributed by atoms with van der Waals surface area (Å²) in [5, 5.41) is 0. The molecule has 0 aromatic carbocycles. The van der Waals surface area contributed by atoms with Crippen LogP contribution >= 0.6 is 0 Å². The molecule has 3 atom stereocenters. The van der Waals surface area contributed by atoms with Crippen molar-refractivity contribution in [3.63, 3.8) is 0 Å². The van der Waals surface area contributed by atoms with Crippen LogP contribution in [0.3, 0.4) is 0 Å². The first-order valence-electron chi connectivity index (χ1n) is 6.93. The molecule has 0 radical (unpaired) electrons. The molecule has 1 heterocycles. The second-order valence-corrected chi connectivity index (χ2v) is 8.13. The van der Waals surface area contributed by atoms with Crippen LogP contribution < -0.4 is 0 Å². The Hall–Kier alpha value is -0.0400. The molecule has 94 valence electrons. The molecule has 0 bridgehead atoms. The van der Waals surface area contributed by atoms with Crippen molar-refractivity contribution >= 4 is 0 Å². The highest BCUT2D eigenvalue weighted by Gasteiger charge is 2.46. The van der Waals surface area contributed by atoms with E-state index in [1.807, 2.05) is 0 Å². The molecule has 16 heavy (non-hydrogen) atoms. The van der Waals surface area contributed by atoms with E-state index in [1.165, 1.54) is 25.9 Å². The molecule has 1 nitrogen and oxygen atoms in total. The van der Waals surface area contributed by atoms with Crippen molar-refractivity contribution in [3.8, 4) is 0 Å². The predicted molar refractivity (Wildman–Crippen MR) is 70.5 cm³/mol. The molecule has 0 amide bonds. The summed E-state index contributed by atoms with van der Waals surface area (Å²) in [4.78, 5) is 2.70. The second kappa shape index (κ2) is 3.73. The van der Waals surface area contributed by atoms with Crippen molar-refractivity contribution in [1.29, 1.82) is 0 Å². The smallest absolute Gasteiger partial charge is 0.0125 e. The fourth-order valence-corrected chi connectivity index (χ4v) is 3.55. The summed E-state index contributed by atoms with van der Waals surface area (Å²) in [5.74, 6) is 2.94. The molecule has 1 aliphatic carbocycles. The summed E-state index contributed by atoms with van der Waals surface area (Å²) in [5.41, 5.74) is 0.901. The first-order valence-corrected chi connectivity index (χ1v) is 6.93. The summed E-state index contributed by atoms with van der Waals surface area (Å²) in [6, 6.07) is 0. The molecule has 2 rings (SSSR count). The third-order valence-corrected chi connectivity index (χ3v) is 4.92. The highest BCUT2D eigenvalue weighted by Crippen LogP contribution is 2.49. The third kappa shape index (κ3) is 2.30. The Morgan fingerprint density at radius 2 is 1.25 bits per heavy atom. The monoisotopic (exact) mass is 223 g/mol. The summed E-state index contributed by atoms with van der Waals surface area (Å²) >= 11 is 0. The Morgan fingerprint density at radius 1 is 0.812 bits per heavy atom. The molecule has 1 saturated heterocycles. The summed E-state index contributed by atoms with van der Waals surface area (Å²) in [6.07, 6.45) is 2.95. The van der Waals surface area contributed by atoms with Gasteiger partial charge in [-0.25, -0.2) is 0 Å². The van der Waals surface area contributed by atoms with Crippen LogP contribution in [0.25, 0.3) is 0 Å². The summed E-state index contributed by atoms with van der Waals surface area (Å²) < 4.78 is 0. The lowest BCUT2D eigenvalue weighted by atomic mass is 9.79. The molecule has 0 aromatic rings. The van der Waals surface area contributed by atoms with Crippen LogP contribution in [0.4, 0.5) is 0 Å². The lowest BCUT2D eigenvalue weighted by Gasteiger charge is -2.34. The number of nitrogens with zero attached hydrogens (tertiary/aromatic N) is 1. The molecular weight excluding hydrogens is 194 g/mol. The Balaban J connectivity index is 1.96. The van der Waals surface area contributed by atoms with Crippen LogP contribution in [0.15, 0.2) is 0 Å². The Kier molecular flexibility index (Phi) is 2.89. The highest BCUT2D eigenvalue weighted by atomic mass is 15.2. The van der Waals surface area contributed by atoms with E-state index in [0.29, 0.717) is 11.0 Å². The van der Waals surface area contributed by atoms with Gasteiger partial charge in [-0.15, -0.1) is 0 Å². The van der Waals surface area contributed by atoms with Crippen LogP contribution in [0.2, 0.25) is 0 Å². The molecule has 0 aromatic heterocycles. The predicted octanol–water partition coefficient (Wildman–Crippen LogP) is 3.79. The lowest BCUT2D eigenvalue weighted by Crippen LogP contribution is -2.40. The summed E-state index contributed by atoms with van der Waals surface area (Å²) in [6.45, 7) is 17.0. The lowest BCUT2D eigenvalue weighted by molar-refractivity contribution is 0.144. The maximum absolute atomic E-state index is 2.70. The highest BCUT2D eigenvalue weighted by molar-refractivity contribution is 4.98. The van der Waals surface area contributed by atoms with Crippen LogP contribution in [-0.4, -0.2) is 23.5 Å². The van der Waals surface area contributed by atoms with Crippen LogP contribution in [0.1, 0.15) is 54.4 Å². The van der Waals surface area contributed by atoms with Crippen molar-refractivity contribution in [2.24, 2.45) is 23.2 Å². The van der Waals surface area contributed by atoms with Gasteiger partial charge >= 0.3 is 0 Å². The Bertz CT molecular complexity index is 216. The first-order chi connectivity index (χ1) is 7.18. The Morgan fingerprint density at radius 3 is 1.56 bits per heavy atom. The normalized spacial score (nSPS) is 36.8. The van der Waals surface area contributed by atoms with Gasteiger partial charge in [0.2, 0.25) is 0 Å². The zero-order valence-electron chi connectivity index (χ0n) is 12.0. The number of fused-ring (bicyclic) bond motifs is 1. The van der Waals surface area contributed by atoms with Crippen LogP contribution in [-0.2, 0) is 0 Å². The first kappa shape index (κ1) is 12.4. The quantitative estimate of drug-likeness (QED) is 0.604. The van der Waals surface area contributed by atoms with E-state index in [9.17, 15) is 0 Å². The molecule has 0 N–H and O–H groups in total. The molecule has 0 spiro atoms. The van der Waals surface area contributed by atoms with Crippen molar-refractivity contribution in [3.05, 3.63) is 0 Å². The van der Waals surface area contributed by atoms with Gasteiger partial charge in [0.1, 0.15) is 0 Å². The van der Waals surface area contributed by atoms with E-state index in [4.69, 9.17) is 0 Å². The minimum absolute atomic E-state index is 0.377. The van der Waals surface area contributed by atoms with Gasteiger partial charge in [0.05, 0.1) is 0 Å². The van der Waals surface area contributed by atoms with Gasteiger partial charge in [-0.2, -0.15) is 0 Å². The van der Waals surface area contributed by atoms with Crippen molar-refractivity contribution in [1.82, 2.24) is 4.90 Å². The minimum atomic E-state index is 0.377. The molecule has 1 heteroatoms. The van der Waals surface area contributed by atoms with E-state index in [-0.39, 0.29) is 0 Å². The largest absolute Gasteiger partial charge is 0.298 e. The topological polar surface area (TPSA) is 3.24 Å². The number of hydrogen-bond acceptors (Lipinski definition) is 1. The van der Waals surface area contributed by atoms with Crippen molar-refractivity contribution < 1.29 is 0 Å². The van der Waals surface area contributed by atoms with Crippen molar-refractivity contribution in [2.45, 2.75) is 59.9 Å². The zero-order chi connectivity index (χ0) is 12.1. The van der Waals surface area contributed by atoms with E-state index in [1.54, 1.807) is 0 Å². The standard InChI is InChI=1S/C15H29N/c1-14(2,3)13-7-11-9-16(15(4,5)6)10-12(11)8-13/h11-13H,7-10H2,1-6H3/t11-,12+,13?. The van der Waals surface area contributed by atoms with E-state index in [0.717, 1.165) is 17.8 Å². The average molecular weight is 223 g/mol. The van der Waals surface area contributed by atoms with E-state index < -0.39 is 0 Å².